The summed E-state index contributed by atoms with van der Waals surface area (Å²) in [6.45, 7) is 3.65. The number of rotatable bonds is 6. The molecule has 0 saturated heterocycles. The average molecular weight is 443 g/mol. The Morgan fingerprint density at radius 1 is 0.970 bits per heavy atom. The van der Waals surface area contributed by atoms with Crippen molar-refractivity contribution >= 4 is 17.4 Å². The average Bonchev–Trinajstić information content (AvgIpc) is 2.83. The van der Waals surface area contributed by atoms with Crippen LogP contribution in [0.4, 0.5) is 20.6 Å². The molecule has 0 aliphatic rings. The number of benzene rings is 2. The van der Waals surface area contributed by atoms with Gasteiger partial charge in [-0.2, -0.15) is 0 Å². The van der Waals surface area contributed by atoms with Crippen molar-refractivity contribution < 1.29 is 13.9 Å². The number of ether oxygens (including phenoxy) is 1. The predicted octanol–water partition coefficient (Wildman–Crippen LogP) is 5.98. The van der Waals surface area contributed by atoms with E-state index in [1.807, 2.05) is 25.1 Å². The molecule has 0 bridgehead atoms. The molecule has 0 unspecified atom stereocenters. The van der Waals surface area contributed by atoms with Crippen LogP contribution in [0.1, 0.15) is 18.3 Å². The molecule has 0 radical (unpaired) electrons. The number of amides is 2. The van der Waals surface area contributed by atoms with Gasteiger partial charge in [-0.1, -0.05) is 13.0 Å². The molecule has 7 nitrogen and oxygen atoms in total. The Labute approximate surface area is 190 Å². The molecule has 2 N–H and O–H groups in total. The lowest BCUT2D eigenvalue weighted by atomic mass is 10.2. The molecule has 2 aromatic carbocycles. The van der Waals surface area contributed by atoms with Crippen LogP contribution in [0, 0.1) is 12.7 Å². The summed E-state index contributed by atoms with van der Waals surface area (Å²) < 4.78 is 19.6. The number of carbonyl (C=O) groups is 1. The zero-order valence-electron chi connectivity index (χ0n) is 18.2. The van der Waals surface area contributed by atoms with Crippen LogP contribution in [-0.2, 0) is 6.42 Å². The number of urea groups is 1. The lowest BCUT2D eigenvalue weighted by Crippen LogP contribution is -2.19. The molecule has 2 aromatic heterocycles. The third-order valence-electron chi connectivity index (χ3n) is 4.83. The van der Waals surface area contributed by atoms with E-state index < -0.39 is 6.03 Å². The van der Waals surface area contributed by atoms with Crippen molar-refractivity contribution in [1.82, 2.24) is 15.0 Å². The number of nitrogens with one attached hydrogen (secondary N) is 2. The van der Waals surface area contributed by atoms with Gasteiger partial charge in [0.1, 0.15) is 17.4 Å². The van der Waals surface area contributed by atoms with Gasteiger partial charge in [0.05, 0.1) is 11.3 Å². The normalized spacial score (nSPS) is 10.5. The van der Waals surface area contributed by atoms with Crippen molar-refractivity contribution in [2.75, 3.05) is 10.6 Å². The minimum atomic E-state index is -0.477. The summed E-state index contributed by atoms with van der Waals surface area (Å²) >= 11 is 0. The third kappa shape index (κ3) is 5.48. The Balaban J connectivity index is 1.44. The van der Waals surface area contributed by atoms with Gasteiger partial charge in [0, 0.05) is 30.2 Å². The van der Waals surface area contributed by atoms with Gasteiger partial charge in [-0.05, 0) is 67.1 Å². The van der Waals surface area contributed by atoms with Crippen LogP contribution in [0.3, 0.4) is 0 Å². The zero-order chi connectivity index (χ0) is 23.2. The molecule has 0 aliphatic heterocycles. The third-order valence-corrected chi connectivity index (χ3v) is 4.83. The zero-order valence-corrected chi connectivity index (χ0v) is 18.2. The second kappa shape index (κ2) is 9.86. The first-order valence-electron chi connectivity index (χ1n) is 10.4. The van der Waals surface area contributed by atoms with Gasteiger partial charge in [0.15, 0.2) is 0 Å². The van der Waals surface area contributed by atoms with E-state index in [2.05, 4.69) is 25.6 Å². The Bertz CT molecular complexity index is 1280. The van der Waals surface area contributed by atoms with E-state index in [1.54, 1.807) is 55.7 Å². The monoisotopic (exact) mass is 443 g/mol. The van der Waals surface area contributed by atoms with Gasteiger partial charge in [-0.15, -0.1) is 0 Å². The van der Waals surface area contributed by atoms with Crippen LogP contribution in [0.2, 0.25) is 0 Å². The standard InChI is InChI=1S/C25H22FN5O2/c1-3-23-27-14-12-22(31-23)20-5-4-13-28-24(20)33-19-10-8-17(9-11-19)29-25(32)30-18-7-6-16(2)21(26)15-18/h4-15H,3H2,1-2H3,(H2,29,30,32). The summed E-state index contributed by atoms with van der Waals surface area (Å²) in [5, 5.41) is 5.31. The Morgan fingerprint density at radius 2 is 1.73 bits per heavy atom. The van der Waals surface area contributed by atoms with Crippen LogP contribution in [0.5, 0.6) is 11.6 Å². The first kappa shape index (κ1) is 21.9. The summed E-state index contributed by atoms with van der Waals surface area (Å²) in [7, 11) is 0. The van der Waals surface area contributed by atoms with Gasteiger partial charge in [-0.25, -0.2) is 24.1 Å². The Morgan fingerprint density at radius 3 is 2.48 bits per heavy atom. The number of nitrogens with zero attached hydrogens (tertiary/aromatic N) is 3. The lowest BCUT2D eigenvalue weighted by Gasteiger charge is -2.11. The molecule has 33 heavy (non-hydrogen) atoms. The van der Waals surface area contributed by atoms with Crippen LogP contribution in [0.25, 0.3) is 11.3 Å². The van der Waals surface area contributed by atoms with Crippen molar-refractivity contribution in [2.45, 2.75) is 20.3 Å². The number of pyridine rings is 1. The SMILES string of the molecule is CCc1nccc(-c2cccnc2Oc2ccc(NC(=O)Nc3ccc(C)c(F)c3)cc2)n1. The second-order valence-corrected chi connectivity index (χ2v) is 7.24. The molecule has 0 atom stereocenters. The molecule has 0 spiro atoms. The predicted molar refractivity (Wildman–Crippen MR) is 125 cm³/mol. The lowest BCUT2D eigenvalue weighted by molar-refractivity contribution is 0.262. The molecular weight excluding hydrogens is 421 g/mol. The number of anilines is 2. The quantitative estimate of drug-likeness (QED) is 0.382. The minimum absolute atomic E-state index is 0.370. The summed E-state index contributed by atoms with van der Waals surface area (Å²) in [6, 6.07) is 16.4. The number of aromatic nitrogens is 3. The Hall–Kier alpha value is -4.33. The fraction of sp³-hybridized carbons (Fsp3) is 0.120. The fourth-order valence-corrected chi connectivity index (χ4v) is 3.07. The number of aryl methyl sites for hydroxylation is 2. The Kier molecular flexibility index (Phi) is 6.54. The van der Waals surface area contributed by atoms with Crippen LogP contribution < -0.4 is 15.4 Å². The van der Waals surface area contributed by atoms with Crippen molar-refractivity contribution in [3.63, 3.8) is 0 Å². The largest absolute Gasteiger partial charge is 0.438 e. The summed E-state index contributed by atoms with van der Waals surface area (Å²) in [6.07, 6.45) is 4.09. The van der Waals surface area contributed by atoms with Gasteiger partial charge in [0.2, 0.25) is 5.88 Å². The van der Waals surface area contributed by atoms with Gasteiger partial charge in [-0.3, -0.25) is 0 Å². The number of hydrogen-bond donors (Lipinski definition) is 2. The van der Waals surface area contributed by atoms with Crippen LogP contribution >= 0.6 is 0 Å². The van der Waals surface area contributed by atoms with E-state index in [0.717, 1.165) is 23.5 Å². The molecule has 8 heteroatoms. The number of hydrogen-bond acceptors (Lipinski definition) is 5. The minimum Gasteiger partial charge on any atom is -0.438 e. The van der Waals surface area contributed by atoms with E-state index >= 15 is 0 Å². The summed E-state index contributed by atoms with van der Waals surface area (Å²) in [4.78, 5) is 25.3. The fourth-order valence-electron chi connectivity index (χ4n) is 3.07. The van der Waals surface area contributed by atoms with E-state index in [9.17, 15) is 9.18 Å². The van der Waals surface area contributed by atoms with Crippen molar-refractivity contribution in [3.8, 4) is 22.9 Å². The molecular formula is C25H22FN5O2. The van der Waals surface area contributed by atoms with Gasteiger partial charge >= 0.3 is 6.03 Å². The van der Waals surface area contributed by atoms with E-state index in [-0.39, 0.29) is 5.82 Å². The van der Waals surface area contributed by atoms with Crippen molar-refractivity contribution in [2.24, 2.45) is 0 Å². The maximum absolute atomic E-state index is 13.7. The highest BCUT2D eigenvalue weighted by Gasteiger charge is 2.11. The van der Waals surface area contributed by atoms with Gasteiger partial charge in [0.25, 0.3) is 0 Å². The van der Waals surface area contributed by atoms with E-state index in [0.29, 0.717) is 28.6 Å². The van der Waals surface area contributed by atoms with Gasteiger partial charge < -0.3 is 15.4 Å². The van der Waals surface area contributed by atoms with Crippen LogP contribution in [0.15, 0.2) is 73.1 Å². The highest BCUT2D eigenvalue weighted by molar-refractivity contribution is 5.99. The second-order valence-electron chi connectivity index (χ2n) is 7.24. The summed E-state index contributed by atoms with van der Waals surface area (Å²) in [5.74, 6) is 1.32. The topological polar surface area (TPSA) is 89.0 Å². The first-order valence-corrected chi connectivity index (χ1v) is 10.4. The smallest absolute Gasteiger partial charge is 0.323 e. The van der Waals surface area contributed by atoms with Crippen LogP contribution in [-0.4, -0.2) is 21.0 Å². The number of carbonyl (C=O) groups excluding carboxylic acids is 1. The maximum atomic E-state index is 13.7. The molecule has 0 fully saturated rings. The van der Waals surface area contributed by atoms with Crippen molar-refractivity contribution in [1.29, 1.82) is 0 Å². The molecule has 0 saturated carbocycles. The molecule has 166 valence electrons. The molecule has 4 rings (SSSR count). The highest BCUT2D eigenvalue weighted by atomic mass is 19.1. The molecule has 2 heterocycles. The van der Waals surface area contributed by atoms with E-state index in [4.69, 9.17) is 4.74 Å². The molecule has 0 aliphatic carbocycles. The molecule has 4 aromatic rings. The molecule has 2 amide bonds. The van der Waals surface area contributed by atoms with E-state index in [1.165, 1.54) is 6.07 Å². The highest BCUT2D eigenvalue weighted by Crippen LogP contribution is 2.30. The summed E-state index contributed by atoms with van der Waals surface area (Å²) in [5.41, 5.74) is 2.92. The first-order chi connectivity index (χ1) is 16.0. The number of halogens is 1. The van der Waals surface area contributed by atoms with Crippen molar-refractivity contribution in [3.05, 3.63) is 90.3 Å². The maximum Gasteiger partial charge on any atom is 0.323 e.